The minimum atomic E-state index is -6.04. The van der Waals surface area contributed by atoms with Crippen LogP contribution in [-0.4, -0.2) is 9.52 Å². The molecule has 0 bridgehead atoms. The fraction of sp³-hybridized carbons (Fsp3) is 0.235. The Bertz CT molecular complexity index is 3330. The molecule has 2 atom stereocenters. The molecule has 0 aromatic heterocycles. The molecule has 0 saturated carbocycles. The summed E-state index contributed by atoms with van der Waals surface area (Å²) in [6, 6.07) is 66.1. The molecular formula is C68H67Cl2SiZr. The Labute approximate surface area is 440 Å². The van der Waals surface area contributed by atoms with Crippen molar-refractivity contribution in [2.24, 2.45) is 10.8 Å². The minimum absolute atomic E-state index is 0.245. The Hall–Kier alpha value is -5.08. The van der Waals surface area contributed by atoms with Crippen LogP contribution in [0.4, 0.5) is 0 Å². The van der Waals surface area contributed by atoms with Crippen LogP contribution in [0.3, 0.4) is 0 Å². The van der Waals surface area contributed by atoms with E-state index < -0.39 is 25.9 Å². The molecule has 361 valence electrons. The van der Waals surface area contributed by atoms with Crippen molar-refractivity contribution >= 4 is 52.3 Å². The molecule has 4 heteroatoms. The number of fused-ring (bicyclic) bond motifs is 5. The van der Waals surface area contributed by atoms with Gasteiger partial charge < -0.3 is 0 Å². The van der Waals surface area contributed by atoms with Gasteiger partial charge >= 0.3 is 444 Å². The number of rotatable bonds is 9. The Morgan fingerprint density at radius 1 is 0.417 bits per heavy atom. The zero-order valence-corrected chi connectivity index (χ0v) is 49.1. The maximum absolute atomic E-state index is 9.81. The topological polar surface area (TPSA) is 0 Å². The maximum atomic E-state index is 9.81. The van der Waals surface area contributed by atoms with Gasteiger partial charge in [-0.05, 0) is 0 Å². The van der Waals surface area contributed by atoms with Crippen molar-refractivity contribution in [3.8, 4) is 55.6 Å². The van der Waals surface area contributed by atoms with E-state index in [1.165, 1.54) is 114 Å². The molecule has 0 spiro atoms. The van der Waals surface area contributed by atoms with Gasteiger partial charge in [0.15, 0.2) is 0 Å². The first kappa shape index (κ1) is 49.1. The van der Waals surface area contributed by atoms with Crippen LogP contribution < -0.4 is 13.6 Å². The van der Waals surface area contributed by atoms with E-state index in [-0.39, 0.29) is 18.1 Å². The van der Waals surface area contributed by atoms with E-state index in [2.05, 4.69) is 257 Å². The normalized spacial score (nSPS) is 17.1. The van der Waals surface area contributed by atoms with Crippen LogP contribution in [0, 0.1) is 10.8 Å². The van der Waals surface area contributed by atoms with Crippen molar-refractivity contribution in [1.82, 2.24) is 0 Å². The second-order valence-electron chi connectivity index (χ2n) is 23.6. The molecule has 2 aliphatic carbocycles. The molecule has 0 saturated heterocycles. The van der Waals surface area contributed by atoms with Crippen molar-refractivity contribution in [3.05, 3.63) is 220 Å². The molecule has 1 aliphatic heterocycles. The standard InChI is InChI=1S/2C28H29.C12H9Si.2ClH.Zr/c2*1-19(2)23-13-9-10-14-25(23)27-24(20-11-7-6-8-12-20)16-15-21-17-22(18-26(21)27)28(3,4)5;1-3-7-11-9(5-1)10-6-2-4-8-12(10)13-11;;;/h2*6-19H,1-5H3;1-7H,13H2;2*1H;/q;;;;;+2/p-2. The molecule has 11 rings (SSSR count). The molecule has 8 aromatic carbocycles. The van der Waals surface area contributed by atoms with E-state index in [1.54, 1.807) is 0 Å². The van der Waals surface area contributed by atoms with Gasteiger partial charge in [0, 0.05) is 0 Å². The Morgan fingerprint density at radius 2 is 0.819 bits per heavy atom. The first-order valence-corrected chi connectivity index (χ1v) is 38.0. The monoisotopic (exact) mass is 1070 g/mol. The van der Waals surface area contributed by atoms with Gasteiger partial charge in [0.1, 0.15) is 0 Å². The van der Waals surface area contributed by atoms with E-state index in [1.807, 2.05) is 0 Å². The van der Waals surface area contributed by atoms with Gasteiger partial charge in [0.25, 0.3) is 0 Å². The molecule has 2 unspecified atom stereocenters. The number of halogens is 2. The Kier molecular flexibility index (Phi) is 12.4. The zero-order valence-electron chi connectivity index (χ0n) is 43.7. The third-order valence-electron chi connectivity index (χ3n) is 16.4. The average molecular weight is 1070 g/mol. The number of benzene rings is 8. The molecule has 1 heterocycles. The van der Waals surface area contributed by atoms with E-state index in [4.69, 9.17) is 0 Å². The van der Waals surface area contributed by atoms with Crippen molar-refractivity contribution in [2.75, 3.05) is 0 Å². The summed E-state index contributed by atoms with van der Waals surface area (Å²) in [6.45, 7) is 23.7. The Balaban J connectivity index is 1.30. The van der Waals surface area contributed by atoms with Crippen LogP contribution in [-0.2, 0) is 16.4 Å². The van der Waals surface area contributed by atoms with Crippen LogP contribution in [0.1, 0.15) is 122 Å². The van der Waals surface area contributed by atoms with Gasteiger partial charge in [-0.2, -0.15) is 0 Å². The summed E-state index contributed by atoms with van der Waals surface area (Å²) in [5.41, 5.74) is 22.5. The third kappa shape index (κ3) is 7.84. The van der Waals surface area contributed by atoms with E-state index in [0.717, 1.165) is 0 Å². The van der Waals surface area contributed by atoms with E-state index in [0.29, 0.717) is 11.8 Å². The molecule has 0 N–H and O–H groups in total. The average Bonchev–Trinajstić information content (AvgIpc) is 4.10. The van der Waals surface area contributed by atoms with Crippen LogP contribution in [0.5, 0.6) is 0 Å². The SMILES string of the molecule is CC(C)c1ccccc1-c1c(-c2ccccc2)ccc2c1C=C(C(C)(C)C)[CH]2[Zr]([Cl])([Cl])([c]1cccc2c1[SiH2]c1ccccc1-2)[CH]1C(C(C)(C)C)=Cc2c1ccc(-c1ccccc1)c2-c1ccccc1C(C)C. The second kappa shape index (κ2) is 18.1. The molecular weight excluding hydrogens is 1010 g/mol. The molecule has 0 fully saturated rings. The van der Waals surface area contributed by atoms with Crippen LogP contribution in [0.25, 0.3) is 67.8 Å². The van der Waals surface area contributed by atoms with Crippen molar-refractivity contribution < 1.29 is 16.4 Å². The van der Waals surface area contributed by atoms with Crippen LogP contribution in [0.15, 0.2) is 187 Å². The first-order valence-electron chi connectivity index (χ1n) is 26.2. The van der Waals surface area contributed by atoms with Gasteiger partial charge in [0.2, 0.25) is 0 Å². The van der Waals surface area contributed by atoms with Gasteiger partial charge in [-0.25, -0.2) is 0 Å². The van der Waals surface area contributed by atoms with Gasteiger partial charge in [-0.15, -0.1) is 0 Å². The summed E-state index contributed by atoms with van der Waals surface area (Å²) >= 11 is -6.04. The van der Waals surface area contributed by atoms with Crippen molar-refractivity contribution in [2.45, 2.75) is 88.3 Å². The van der Waals surface area contributed by atoms with Crippen molar-refractivity contribution in [1.29, 1.82) is 0 Å². The van der Waals surface area contributed by atoms with Gasteiger partial charge in [-0.3, -0.25) is 0 Å². The van der Waals surface area contributed by atoms with Crippen molar-refractivity contribution in [3.63, 3.8) is 0 Å². The summed E-state index contributed by atoms with van der Waals surface area (Å²) in [4.78, 5) is 0. The molecule has 72 heavy (non-hydrogen) atoms. The number of hydrogen-bond acceptors (Lipinski definition) is 0. The molecule has 3 aliphatic rings. The summed E-state index contributed by atoms with van der Waals surface area (Å²) < 4.78 is 0.769. The van der Waals surface area contributed by atoms with Crippen LogP contribution >= 0.6 is 17.0 Å². The predicted molar refractivity (Wildman–Crippen MR) is 314 cm³/mol. The first-order chi connectivity index (χ1) is 34.4. The third-order valence-corrected chi connectivity index (χ3v) is 38.9. The summed E-state index contributed by atoms with van der Waals surface area (Å²) in [5, 5.41) is 2.91. The number of hydrogen-bond donors (Lipinski definition) is 0. The molecule has 0 nitrogen and oxygen atoms in total. The summed E-state index contributed by atoms with van der Waals surface area (Å²) in [5.74, 6) is 0.636. The van der Waals surface area contributed by atoms with Gasteiger partial charge in [0.05, 0.1) is 0 Å². The van der Waals surface area contributed by atoms with E-state index >= 15 is 0 Å². The van der Waals surface area contributed by atoms with E-state index in [9.17, 15) is 17.0 Å². The van der Waals surface area contributed by atoms with Gasteiger partial charge in [-0.1, -0.05) is 0 Å². The molecule has 0 radical (unpaired) electrons. The summed E-state index contributed by atoms with van der Waals surface area (Å²) in [7, 11) is 18.6. The quantitative estimate of drug-likeness (QED) is 0.126. The molecule has 8 aromatic rings. The fourth-order valence-electron chi connectivity index (χ4n) is 13.2. The Morgan fingerprint density at radius 3 is 1.26 bits per heavy atom. The second-order valence-corrected chi connectivity index (χ2v) is 46.0. The van der Waals surface area contributed by atoms with Crippen LogP contribution in [0.2, 0.25) is 0 Å². The molecule has 0 amide bonds. The predicted octanol–water partition coefficient (Wildman–Crippen LogP) is 17.7. The zero-order chi connectivity index (χ0) is 50.5. The summed E-state index contributed by atoms with van der Waals surface area (Å²) in [6.07, 6.45) is 5.15. The fourth-order valence-corrected chi connectivity index (χ4v) is 41.5. The number of allylic oxidation sites excluding steroid dienone is 2.